The molecule has 0 aliphatic rings. The molecule has 4 aromatic rings. The van der Waals surface area contributed by atoms with Crippen LogP contribution in [0.2, 0.25) is 0 Å². The summed E-state index contributed by atoms with van der Waals surface area (Å²) < 4.78 is 2.17. The molecule has 0 aliphatic carbocycles. The van der Waals surface area contributed by atoms with Crippen LogP contribution in [0, 0.1) is 0 Å². The first-order chi connectivity index (χ1) is 9.90. The highest BCUT2D eigenvalue weighted by atomic mass is 15.0. The van der Waals surface area contributed by atoms with E-state index in [1.807, 2.05) is 36.8 Å². The summed E-state index contributed by atoms with van der Waals surface area (Å²) in [5, 5.41) is 1.18. The Balaban J connectivity index is 1.76. The van der Waals surface area contributed by atoms with Crippen LogP contribution >= 0.6 is 0 Å². The first kappa shape index (κ1) is 11.2. The maximum Gasteiger partial charge on any atom is 0.0961 e. The van der Waals surface area contributed by atoms with Crippen LogP contribution in [-0.4, -0.2) is 14.5 Å². The van der Waals surface area contributed by atoms with Gasteiger partial charge in [-0.1, -0.05) is 24.3 Å². The van der Waals surface area contributed by atoms with Crippen LogP contribution in [0.1, 0.15) is 5.56 Å². The van der Waals surface area contributed by atoms with Crippen molar-refractivity contribution in [2.75, 3.05) is 0 Å². The molecule has 4 rings (SSSR count). The lowest BCUT2D eigenvalue weighted by Gasteiger charge is -2.06. The van der Waals surface area contributed by atoms with Gasteiger partial charge in [-0.2, -0.15) is 0 Å². The molecule has 0 unspecified atom stereocenters. The van der Waals surface area contributed by atoms with E-state index in [4.69, 9.17) is 0 Å². The Bertz CT molecular complexity index is 893. The lowest BCUT2D eigenvalue weighted by atomic mass is 10.1. The number of hydrogen-bond donors (Lipinski definition) is 0. The van der Waals surface area contributed by atoms with E-state index >= 15 is 0 Å². The van der Waals surface area contributed by atoms with Crippen LogP contribution in [0.3, 0.4) is 0 Å². The van der Waals surface area contributed by atoms with Gasteiger partial charge in [-0.25, -0.2) is 4.98 Å². The summed E-state index contributed by atoms with van der Waals surface area (Å²) in [6.07, 6.45) is 3.73. The van der Waals surface area contributed by atoms with E-state index in [1.54, 1.807) is 0 Å². The molecule has 0 bridgehead atoms. The highest BCUT2D eigenvalue weighted by molar-refractivity contribution is 5.79. The maximum absolute atomic E-state index is 4.43. The van der Waals surface area contributed by atoms with Crippen molar-refractivity contribution in [2.24, 2.45) is 0 Å². The largest absolute Gasteiger partial charge is 0.326 e. The summed E-state index contributed by atoms with van der Waals surface area (Å²) >= 11 is 0. The molecule has 0 saturated carbocycles. The molecule has 3 heteroatoms. The van der Waals surface area contributed by atoms with Crippen LogP contribution in [0.4, 0.5) is 0 Å². The van der Waals surface area contributed by atoms with Crippen molar-refractivity contribution in [1.29, 1.82) is 0 Å². The van der Waals surface area contributed by atoms with E-state index in [1.165, 1.54) is 16.5 Å². The summed E-state index contributed by atoms with van der Waals surface area (Å²) in [6, 6.07) is 18.7. The number of rotatable bonds is 2. The number of benzene rings is 2. The molecule has 0 aliphatic heterocycles. The van der Waals surface area contributed by atoms with Gasteiger partial charge in [0.05, 0.1) is 22.9 Å². The third kappa shape index (κ3) is 1.84. The van der Waals surface area contributed by atoms with Crippen LogP contribution in [0.5, 0.6) is 0 Å². The van der Waals surface area contributed by atoms with Gasteiger partial charge in [0, 0.05) is 18.1 Å². The van der Waals surface area contributed by atoms with E-state index in [0.29, 0.717) is 0 Å². The summed E-state index contributed by atoms with van der Waals surface area (Å²) in [7, 11) is 0. The Morgan fingerprint density at radius 2 is 1.80 bits per heavy atom. The van der Waals surface area contributed by atoms with Gasteiger partial charge in [-0.3, -0.25) is 4.98 Å². The van der Waals surface area contributed by atoms with E-state index in [2.05, 4.69) is 44.9 Å². The fraction of sp³-hybridized carbons (Fsp3) is 0.0588. The van der Waals surface area contributed by atoms with Gasteiger partial charge in [0.2, 0.25) is 0 Å². The first-order valence-corrected chi connectivity index (χ1v) is 6.64. The molecule has 96 valence electrons. The monoisotopic (exact) mass is 259 g/mol. The maximum atomic E-state index is 4.43. The predicted molar refractivity (Wildman–Crippen MR) is 80.6 cm³/mol. The van der Waals surface area contributed by atoms with Crippen LogP contribution in [0.15, 0.2) is 67.1 Å². The topological polar surface area (TPSA) is 30.7 Å². The summed E-state index contributed by atoms with van der Waals surface area (Å²) in [6.45, 7) is 0.825. The fourth-order valence-corrected chi connectivity index (χ4v) is 2.56. The molecule has 20 heavy (non-hydrogen) atoms. The highest BCUT2D eigenvalue weighted by Gasteiger charge is 2.03. The Labute approximate surface area is 116 Å². The third-order valence-corrected chi connectivity index (χ3v) is 3.55. The van der Waals surface area contributed by atoms with Crippen molar-refractivity contribution in [3.63, 3.8) is 0 Å². The molecule has 2 aromatic heterocycles. The second kappa shape index (κ2) is 4.46. The quantitative estimate of drug-likeness (QED) is 0.550. The Kier molecular flexibility index (Phi) is 2.49. The zero-order chi connectivity index (χ0) is 13.4. The van der Waals surface area contributed by atoms with Crippen molar-refractivity contribution < 1.29 is 0 Å². The molecular formula is C17H13N3. The van der Waals surface area contributed by atoms with Crippen molar-refractivity contribution >= 4 is 21.9 Å². The van der Waals surface area contributed by atoms with E-state index in [9.17, 15) is 0 Å². The molecule has 0 fully saturated rings. The number of pyridine rings is 1. The second-order valence-corrected chi connectivity index (χ2v) is 4.89. The van der Waals surface area contributed by atoms with Gasteiger partial charge < -0.3 is 4.57 Å². The van der Waals surface area contributed by atoms with Gasteiger partial charge in [0.15, 0.2) is 0 Å². The van der Waals surface area contributed by atoms with Crippen molar-refractivity contribution in [1.82, 2.24) is 14.5 Å². The average molecular weight is 259 g/mol. The molecular weight excluding hydrogens is 246 g/mol. The number of nitrogens with zero attached hydrogens (tertiary/aromatic N) is 3. The van der Waals surface area contributed by atoms with E-state index in [-0.39, 0.29) is 0 Å². The lowest BCUT2D eigenvalue weighted by Crippen LogP contribution is -1.97. The molecule has 0 amide bonds. The fourth-order valence-electron chi connectivity index (χ4n) is 2.56. The van der Waals surface area contributed by atoms with Crippen LogP contribution in [-0.2, 0) is 6.54 Å². The van der Waals surface area contributed by atoms with Crippen molar-refractivity contribution in [3.05, 3.63) is 72.7 Å². The molecule has 0 spiro atoms. The standard InChI is InChI=1S/C17H13N3/c1-2-6-17-16(5-1)19-12-20(17)11-13-7-8-15-14(10-13)4-3-9-18-15/h1-10,12H,11H2. The van der Waals surface area contributed by atoms with Crippen LogP contribution in [0.25, 0.3) is 21.9 Å². The molecule has 2 aromatic carbocycles. The molecule has 3 nitrogen and oxygen atoms in total. The van der Waals surface area contributed by atoms with Gasteiger partial charge >= 0.3 is 0 Å². The van der Waals surface area contributed by atoms with Crippen molar-refractivity contribution in [3.8, 4) is 0 Å². The summed E-state index contributed by atoms with van der Waals surface area (Å²) in [5.41, 5.74) is 4.49. The third-order valence-electron chi connectivity index (χ3n) is 3.55. The number of aromatic nitrogens is 3. The average Bonchev–Trinajstić information content (AvgIpc) is 2.91. The SMILES string of the molecule is c1cnc2ccc(Cn3cnc4ccccc43)cc2c1. The minimum atomic E-state index is 0.825. The smallest absolute Gasteiger partial charge is 0.0961 e. The number of fused-ring (bicyclic) bond motifs is 2. The minimum Gasteiger partial charge on any atom is -0.326 e. The number of imidazole rings is 1. The van der Waals surface area contributed by atoms with Gasteiger partial charge in [0.1, 0.15) is 0 Å². The van der Waals surface area contributed by atoms with Gasteiger partial charge in [-0.15, -0.1) is 0 Å². The highest BCUT2D eigenvalue weighted by Crippen LogP contribution is 2.17. The first-order valence-electron chi connectivity index (χ1n) is 6.64. The van der Waals surface area contributed by atoms with E-state index < -0.39 is 0 Å². The second-order valence-electron chi connectivity index (χ2n) is 4.89. The van der Waals surface area contributed by atoms with E-state index in [0.717, 1.165) is 17.6 Å². The zero-order valence-electron chi connectivity index (χ0n) is 10.9. The van der Waals surface area contributed by atoms with Crippen LogP contribution < -0.4 is 0 Å². The summed E-state index contributed by atoms with van der Waals surface area (Å²) in [5.74, 6) is 0. The Morgan fingerprint density at radius 3 is 2.80 bits per heavy atom. The molecule has 0 atom stereocenters. The van der Waals surface area contributed by atoms with Gasteiger partial charge in [-0.05, 0) is 35.9 Å². The molecule has 0 N–H and O–H groups in total. The minimum absolute atomic E-state index is 0.825. The molecule has 0 saturated heterocycles. The summed E-state index contributed by atoms with van der Waals surface area (Å²) in [4.78, 5) is 8.78. The van der Waals surface area contributed by atoms with Crippen molar-refractivity contribution in [2.45, 2.75) is 6.54 Å². The Morgan fingerprint density at radius 1 is 0.850 bits per heavy atom. The predicted octanol–water partition coefficient (Wildman–Crippen LogP) is 3.63. The van der Waals surface area contributed by atoms with Gasteiger partial charge in [0.25, 0.3) is 0 Å². The number of para-hydroxylation sites is 2. The zero-order valence-corrected chi connectivity index (χ0v) is 10.9. The lowest BCUT2D eigenvalue weighted by molar-refractivity contribution is 0.825. The molecule has 0 radical (unpaired) electrons. The number of hydrogen-bond acceptors (Lipinski definition) is 2. The molecule has 2 heterocycles. The normalized spacial score (nSPS) is 11.2. The Hall–Kier alpha value is -2.68.